The van der Waals surface area contributed by atoms with Crippen molar-refractivity contribution in [1.82, 2.24) is 5.32 Å². The van der Waals surface area contributed by atoms with E-state index in [0.717, 1.165) is 21.6 Å². The normalized spacial score (nSPS) is 15.1. The largest absolute Gasteiger partial charge is 0.489 e. The van der Waals surface area contributed by atoms with Crippen LogP contribution in [0, 0.1) is 13.8 Å². The zero-order chi connectivity index (χ0) is 23.5. The van der Waals surface area contributed by atoms with Gasteiger partial charge in [0.25, 0.3) is 11.8 Å². The summed E-state index contributed by atoms with van der Waals surface area (Å²) in [5.41, 5.74) is 3.58. The number of imide groups is 2. The van der Waals surface area contributed by atoms with E-state index in [9.17, 15) is 14.4 Å². The van der Waals surface area contributed by atoms with Gasteiger partial charge in [0.15, 0.2) is 0 Å². The number of hydrogen-bond acceptors (Lipinski definition) is 4. The van der Waals surface area contributed by atoms with Crippen molar-refractivity contribution < 1.29 is 19.1 Å². The SMILES string of the molecule is Cc1cc(C)cc(N2C(=O)NC(=O)/C(=C\c3ccc(OCc4ccccc4Cl)cc3)C2=O)c1. The second-order valence-electron chi connectivity index (χ2n) is 7.75. The molecular formula is C26H21ClN2O4. The molecule has 1 aliphatic rings. The fraction of sp³-hybridized carbons (Fsp3) is 0.115. The number of rotatable bonds is 5. The minimum Gasteiger partial charge on any atom is -0.489 e. The van der Waals surface area contributed by atoms with Crippen molar-refractivity contribution in [1.29, 1.82) is 0 Å². The van der Waals surface area contributed by atoms with Gasteiger partial charge in [-0.3, -0.25) is 14.9 Å². The number of halogens is 1. The first-order chi connectivity index (χ1) is 15.8. The van der Waals surface area contributed by atoms with Crippen LogP contribution in [0.15, 0.2) is 72.3 Å². The molecule has 3 aromatic carbocycles. The first-order valence-electron chi connectivity index (χ1n) is 10.3. The molecule has 0 atom stereocenters. The number of nitrogens with zero attached hydrogens (tertiary/aromatic N) is 1. The second kappa shape index (κ2) is 9.30. The van der Waals surface area contributed by atoms with Gasteiger partial charge in [-0.2, -0.15) is 0 Å². The molecule has 1 N–H and O–H groups in total. The molecule has 1 aliphatic heterocycles. The number of hydrogen-bond donors (Lipinski definition) is 1. The Bertz CT molecular complexity index is 1260. The zero-order valence-corrected chi connectivity index (χ0v) is 18.8. The summed E-state index contributed by atoms with van der Waals surface area (Å²) < 4.78 is 5.77. The van der Waals surface area contributed by atoms with Crippen molar-refractivity contribution in [2.45, 2.75) is 20.5 Å². The van der Waals surface area contributed by atoms with Gasteiger partial charge in [-0.05, 0) is 66.9 Å². The monoisotopic (exact) mass is 460 g/mol. The van der Waals surface area contributed by atoms with Crippen molar-refractivity contribution >= 4 is 41.2 Å². The van der Waals surface area contributed by atoms with Crippen molar-refractivity contribution in [3.63, 3.8) is 0 Å². The molecule has 0 radical (unpaired) electrons. The number of benzene rings is 3. The highest BCUT2D eigenvalue weighted by atomic mass is 35.5. The molecule has 0 saturated carbocycles. The Morgan fingerprint density at radius 2 is 1.61 bits per heavy atom. The molecule has 6 nitrogen and oxygen atoms in total. The molecule has 0 aliphatic carbocycles. The molecule has 0 aromatic heterocycles. The van der Waals surface area contributed by atoms with Gasteiger partial charge in [0.05, 0.1) is 5.69 Å². The average Bonchev–Trinajstić information content (AvgIpc) is 2.76. The minimum atomic E-state index is -0.768. The third kappa shape index (κ3) is 4.96. The highest BCUT2D eigenvalue weighted by molar-refractivity contribution is 6.39. The van der Waals surface area contributed by atoms with E-state index in [1.807, 2.05) is 38.1 Å². The van der Waals surface area contributed by atoms with E-state index in [-0.39, 0.29) is 5.57 Å². The number of aryl methyl sites for hydroxylation is 2. The van der Waals surface area contributed by atoms with E-state index in [0.29, 0.717) is 28.6 Å². The maximum absolute atomic E-state index is 13.1. The Kier molecular flexibility index (Phi) is 6.29. The smallest absolute Gasteiger partial charge is 0.335 e. The van der Waals surface area contributed by atoms with Crippen LogP contribution in [0.1, 0.15) is 22.3 Å². The lowest BCUT2D eigenvalue weighted by Gasteiger charge is -2.27. The van der Waals surface area contributed by atoms with Crippen LogP contribution >= 0.6 is 11.6 Å². The van der Waals surface area contributed by atoms with Crippen molar-refractivity contribution in [3.05, 3.63) is 99.6 Å². The summed E-state index contributed by atoms with van der Waals surface area (Å²) in [6.45, 7) is 4.06. The maximum Gasteiger partial charge on any atom is 0.335 e. The first-order valence-corrected chi connectivity index (χ1v) is 10.7. The van der Waals surface area contributed by atoms with Gasteiger partial charge < -0.3 is 4.74 Å². The summed E-state index contributed by atoms with van der Waals surface area (Å²) >= 11 is 6.15. The lowest BCUT2D eigenvalue weighted by molar-refractivity contribution is -0.122. The highest BCUT2D eigenvalue weighted by Gasteiger charge is 2.36. The molecule has 33 heavy (non-hydrogen) atoms. The Hall–Kier alpha value is -3.90. The number of urea groups is 1. The third-order valence-corrected chi connectivity index (χ3v) is 5.48. The van der Waals surface area contributed by atoms with Gasteiger partial charge >= 0.3 is 6.03 Å². The Morgan fingerprint density at radius 1 is 0.939 bits per heavy atom. The fourth-order valence-corrected chi connectivity index (χ4v) is 3.77. The van der Waals surface area contributed by atoms with E-state index in [4.69, 9.17) is 16.3 Å². The van der Waals surface area contributed by atoms with E-state index >= 15 is 0 Å². The number of amides is 4. The average molecular weight is 461 g/mol. The Balaban J connectivity index is 1.54. The number of carbonyl (C=O) groups excluding carboxylic acids is 3. The van der Waals surface area contributed by atoms with Crippen LogP contribution < -0.4 is 15.0 Å². The van der Waals surface area contributed by atoms with Gasteiger partial charge in [0, 0.05) is 10.6 Å². The van der Waals surface area contributed by atoms with Gasteiger partial charge in [-0.25, -0.2) is 9.69 Å². The molecule has 3 aromatic rings. The van der Waals surface area contributed by atoms with Crippen molar-refractivity contribution in [3.8, 4) is 5.75 Å². The predicted molar refractivity (Wildman–Crippen MR) is 127 cm³/mol. The third-order valence-electron chi connectivity index (χ3n) is 5.11. The van der Waals surface area contributed by atoms with Gasteiger partial charge in [-0.1, -0.05) is 48.0 Å². The topological polar surface area (TPSA) is 75.7 Å². The number of nitrogens with one attached hydrogen (secondary N) is 1. The molecule has 0 unspecified atom stereocenters. The van der Waals surface area contributed by atoms with E-state index in [1.165, 1.54) is 6.08 Å². The minimum absolute atomic E-state index is 0.126. The summed E-state index contributed by atoms with van der Waals surface area (Å²) in [5, 5.41) is 2.87. The van der Waals surface area contributed by atoms with Crippen LogP contribution in [0.2, 0.25) is 5.02 Å². The molecule has 0 spiro atoms. The number of anilines is 1. The van der Waals surface area contributed by atoms with Crippen LogP contribution in [0.25, 0.3) is 6.08 Å². The van der Waals surface area contributed by atoms with Crippen LogP contribution in [0.3, 0.4) is 0 Å². The lowest BCUT2D eigenvalue weighted by atomic mass is 10.1. The summed E-state index contributed by atoms with van der Waals surface area (Å²) in [6.07, 6.45) is 1.46. The Labute approximate surface area is 196 Å². The standard InChI is InChI=1S/C26H21ClN2O4/c1-16-11-17(2)13-20(12-16)29-25(31)22(24(30)28-26(29)32)14-18-7-9-21(10-8-18)33-15-19-5-3-4-6-23(19)27/h3-14H,15H2,1-2H3,(H,28,30,32)/b22-14+. The molecular weight excluding hydrogens is 440 g/mol. The molecule has 4 amide bonds. The van der Waals surface area contributed by atoms with E-state index in [1.54, 1.807) is 42.5 Å². The van der Waals surface area contributed by atoms with E-state index < -0.39 is 17.8 Å². The predicted octanol–water partition coefficient (Wildman–Crippen LogP) is 5.20. The number of barbiturate groups is 1. The molecule has 7 heteroatoms. The van der Waals surface area contributed by atoms with Crippen molar-refractivity contribution in [2.75, 3.05) is 4.90 Å². The number of carbonyl (C=O) groups is 3. The van der Waals surface area contributed by atoms with Crippen LogP contribution in [-0.4, -0.2) is 17.8 Å². The summed E-state index contributed by atoms with van der Waals surface area (Å²) in [4.78, 5) is 38.9. The summed E-state index contributed by atoms with van der Waals surface area (Å²) in [6, 6.07) is 19.0. The number of ether oxygens (including phenoxy) is 1. The molecule has 4 rings (SSSR count). The van der Waals surface area contributed by atoms with Gasteiger partial charge in [-0.15, -0.1) is 0 Å². The molecule has 1 heterocycles. The lowest BCUT2D eigenvalue weighted by Crippen LogP contribution is -2.54. The zero-order valence-electron chi connectivity index (χ0n) is 18.1. The van der Waals surface area contributed by atoms with Crippen molar-refractivity contribution in [2.24, 2.45) is 0 Å². The molecule has 1 saturated heterocycles. The van der Waals surface area contributed by atoms with E-state index in [2.05, 4.69) is 5.32 Å². The van der Waals surface area contributed by atoms with Crippen LogP contribution in [0.5, 0.6) is 5.75 Å². The highest BCUT2D eigenvalue weighted by Crippen LogP contribution is 2.25. The maximum atomic E-state index is 13.1. The molecule has 0 bridgehead atoms. The quantitative estimate of drug-likeness (QED) is 0.419. The molecule has 166 valence electrons. The Morgan fingerprint density at radius 3 is 2.27 bits per heavy atom. The molecule has 1 fully saturated rings. The van der Waals surface area contributed by atoms with Gasteiger partial charge in [0.1, 0.15) is 17.9 Å². The second-order valence-corrected chi connectivity index (χ2v) is 8.16. The van der Waals surface area contributed by atoms with Crippen LogP contribution in [-0.2, 0) is 16.2 Å². The summed E-state index contributed by atoms with van der Waals surface area (Å²) in [7, 11) is 0. The summed E-state index contributed by atoms with van der Waals surface area (Å²) in [5.74, 6) is -0.791. The van der Waals surface area contributed by atoms with Crippen LogP contribution in [0.4, 0.5) is 10.5 Å². The first kappa shape index (κ1) is 22.3. The fourth-order valence-electron chi connectivity index (χ4n) is 3.58. The van der Waals surface area contributed by atoms with Gasteiger partial charge in [0.2, 0.25) is 0 Å².